The van der Waals surface area contributed by atoms with Gasteiger partial charge in [-0.05, 0) is 78.9 Å². The van der Waals surface area contributed by atoms with Gasteiger partial charge in [-0.3, -0.25) is 9.59 Å². The van der Waals surface area contributed by atoms with Gasteiger partial charge in [0.05, 0.1) is 6.10 Å². The monoisotopic (exact) mass is 428 g/mol. The molecule has 0 saturated heterocycles. The van der Waals surface area contributed by atoms with Gasteiger partial charge in [-0.25, -0.2) is 0 Å². The van der Waals surface area contributed by atoms with Crippen molar-refractivity contribution in [3.8, 4) is 16.9 Å². The van der Waals surface area contributed by atoms with Gasteiger partial charge in [0, 0.05) is 31.3 Å². The predicted molar refractivity (Wildman–Crippen MR) is 127 cm³/mol. The summed E-state index contributed by atoms with van der Waals surface area (Å²) in [6.07, 6.45) is 1.00. The number of nitrogens with zero attached hydrogens (tertiary/aromatic N) is 1. The Morgan fingerprint density at radius 3 is 2.31 bits per heavy atom. The Balaban J connectivity index is 1.38. The molecule has 0 bridgehead atoms. The van der Waals surface area contributed by atoms with Crippen LogP contribution in [0.4, 0.5) is 5.69 Å². The summed E-state index contributed by atoms with van der Waals surface area (Å²) in [7, 11) is 0. The minimum absolute atomic E-state index is 0.0756. The number of amides is 2. The molecule has 2 amide bonds. The van der Waals surface area contributed by atoms with Crippen LogP contribution in [0.5, 0.6) is 5.75 Å². The summed E-state index contributed by atoms with van der Waals surface area (Å²) in [6, 6.07) is 21.6. The van der Waals surface area contributed by atoms with Crippen LogP contribution in [-0.4, -0.2) is 24.5 Å². The zero-order chi connectivity index (χ0) is 22.7. The largest absolute Gasteiger partial charge is 0.491 e. The fraction of sp³-hybridized carbons (Fsp3) is 0.259. The molecular formula is C27H28N2O3. The summed E-state index contributed by atoms with van der Waals surface area (Å²) in [4.78, 5) is 26.1. The van der Waals surface area contributed by atoms with Crippen LogP contribution in [0.25, 0.3) is 11.1 Å². The highest BCUT2D eigenvalue weighted by Gasteiger charge is 2.22. The minimum Gasteiger partial charge on any atom is -0.491 e. The molecule has 1 aliphatic heterocycles. The number of ether oxygens (including phenoxy) is 1. The van der Waals surface area contributed by atoms with Gasteiger partial charge in [-0.1, -0.05) is 30.3 Å². The first-order valence-corrected chi connectivity index (χ1v) is 11.0. The lowest BCUT2D eigenvalue weighted by Gasteiger charge is -2.15. The van der Waals surface area contributed by atoms with Gasteiger partial charge in [-0.2, -0.15) is 0 Å². The Labute approximate surface area is 189 Å². The number of fused-ring (bicyclic) bond motifs is 1. The first-order chi connectivity index (χ1) is 15.4. The topological polar surface area (TPSA) is 58.6 Å². The van der Waals surface area contributed by atoms with Gasteiger partial charge in [0.15, 0.2) is 0 Å². The van der Waals surface area contributed by atoms with Crippen LogP contribution < -0.4 is 15.0 Å². The molecule has 0 aromatic heterocycles. The molecular weight excluding hydrogens is 400 g/mol. The SMILES string of the molecule is CC(=O)N1CCc2cc(-c3ccc(C(=O)NCc4ccc(OC(C)C)cc4)cc3)ccc21. The highest BCUT2D eigenvalue weighted by atomic mass is 16.5. The van der Waals surface area contributed by atoms with E-state index < -0.39 is 0 Å². The molecule has 0 radical (unpaired) electrons. The van der Waals surface area contributed by atoms with Crippen molar-refractivity contribution in [3.05, 3.63) is 83.4 Å². The number of anilines is 1. The Hall–Kier alpha value is -3.60. The maximum absolute atomic E-state index is 12.6. The summed E-state index contributed by atoms with van der Waals surface area (Å²) < 4.78 is 5.65. The molecule has 0 unspecified atom stereocenters. The van der Waals surface area contributed by atoms with Crippen molar-refractivity contribution in [2.24, 2.45) is 0 Å². The number of rotatable bonds is 6. The van der Waals surface area contributed by atoms with E-state index in [0.29, 0.717) is 12.1 Å². The van der Waals surface area contributed by atoms with Crippen molar-refractivity contribution < 1.29 is 14.3 Å². The molecule has 0 saturated carbocycles. The second-order valence-electron chi connectivity index (χ2n) is 8.33. The van der Waals surface area contributed by atoms with E-state index in [9.17, 15) is 9.59 Å². The lowest BCUT2D eigenvalue weighted by molar-refractivity contribution is -0.116. The molecule has 3 aromatic rings. The molecule has 164 valence electrons. The van der Waals surface area contributed by atoms with Crippen molar-refractivity contribution >= 4 is 17.5 Å². The Morgan fingerprint density at radius 1 is 0.969 bits per heavy atom. The normalized spacial score (nSPS) is 12.6. The first kappa shape index (κ1) is 21.6. The number of nitrogens with one attached hydrogen (secondary N) is 1. The van der Waals surface area contributed by atoms with E-state index in [1.807, 2.05) is 79.4 Å². The Morgan fingerprint density at radius 2 is 1.66 bits per heavy atom. The number of hydrogen-bond donors (Lipinski definition) is 1. The lowest BCUT2D eigenvalue weighted by Crippen LogP contribution is -2.25. The Bertz CT molecular complexity index is 1120. The fourth-order valence-corrected chi connectivity index (χ4v) is 3.96. The summed E-state index contributed by atoms with van der Waals surface area (Å²) in [5, 5.41) is 2.97. The van der Waals surface area contributed by atoms with Crippen LogP contribution in [0.1, 0.15) is 42.3 Å². The fourth-order valence-electron chi connectivity index (χ4n) is 3.96. The quantitative estimate of drug-likeness (QED) is 0.602. The van der Waals surface area contributed by atoms with Crippen LogP contribution in [-0.2, 0) is 17.8 Å². The molecule has 5 nitrogen and oxygen atoms in total. The molecule has 32 heavy (non-hydrogen) atoms. The summed E-state index contributed by atoms with van der Waals surface area (Å²) >= 11 is 0. The summed E-state index contributed by atoms with van der Waals surface area (Å²) in [6.45, 7) is 6.78. The van der Waals surface area contributed by atoms with Crippen molar-refractivity contribution in [1.29, 1.82) is 0 Å². The van der Waals surface area contributed by atoms with Crippen molar-refractivity contribution in [2.45, 2.75) is 39.8 Å². The van der Waals surface area contributed by atoms with Crippen LogP contribution in [0, 0.1) is 0 Å². The maximum Gasteiger partial charge on any atom is 0.251 e. The summed E-state index contributed by atoms with van der Waals surface area (Å²) in [5.74, 6) is 0.794. The third-order valence-corrected chi connectivity index (χ3v) is 5.58. The predicted octanol–water partition coefficient (Wildman–Crippen LogP) is 4.98. The highest BCUT2D eigenvalue weighted by molar-refractivity contribution is 5.95. The van der Waals surface area contributed by atoms with Gasteiger partial charge < -0.3 is 15.0 Å². The molecule has 0 fully saturated rings. The van der Waals surface area contributed by atoms with Crippen molar-refractivity contribution in [3.63, 3.8) is 0 Å². The van der Waals surface area contributed by atoms with E-state index in [1.165, 1.54) is 5.56 Å². The Kier molecular flexibility index (Phi) is 6.26. The van der Waals surface area contributed by atoms with E-state index in [2.05, 4.69) is 11.4 Å². The van der Waals surface area contributed by atoms with E-state index in [0.717, 1.165) is 41.1 Å². The molecule has 3 aromatic carbocycles. The molecule has 0 atom stereocenters. The van der Waals surface area contributed by atoms with Crippen molar-refractivity contribution in [2.75, 3.05) is 11.4 Å². The number of carbonyl (C=O) groups excluding carboxylic acids is 2. The smallest absolute Gasteiger partial charge is 0.251 e. The minimum atomic E-state index is -0.106. The van der Waals surface area contributed by atoms with Crippen LogP contribution in [0.2, 0.25) is 0 Å². The molecule has 0 spiro atoms. The molecule has 1 heterocycles. The lowest BCUT2D eigenvalue weighted by atomic mass is 10.0. The second-order valence-corrected chi connectivity index (χ2v) is 8.33. The zero-order valence-corrected chi connectivity index (χ0v) is 18.7. The third-order valence-electron chi connectivity index (χ3n) is 5.58. The van der Waals surface area contributed by atoms with Gasteiger partial charge >= 0.3 is 0 Å². The van der Waals surface area contributed by atoms with E-state index in [1.54, 1.807) is 6.92 Å². The molecule has 5 heteroatoms. The average molecular weight is 429 g/mol. The number of benzene rings is 3. The van der Waals surface area contributed by atoms with E-state index in [-0.39, 0.29) is 17.9 Å². The van der Waals surface area contributed by atoms with E-state index >= 15 is 0 Å². The molecule has 0 aliphatic carbocycles. The standard InChI is InChI=1S/C27H28N2O3/c1-18(2)32-25-11-4-20(5-12-25)17-28-27(31)22-8-6-21(7-9-22)23-10-13-26-24(16-23)14-15-29(26)19(3)30/h4-13,16,18H,14-15,17H2,1-3H3,(H,28,31). The van der Waals surface area contributed by atoms with Gasteiger partial charge in [0.25, 0.3) is 5.91 Å². The number of hydrogen-bond acceptors (Lipinski definition) is 3. The first-order valence-electron chi connectivity index (χ1n) is 11.0. The van der Waals surface area contributed by atoms with Gasteiger partial charge in [0.2, 0.25) is 5.91 Å². The summed E-state index contributed by atoms with van der Waals surface area (Å²) in [5.41, 5.74) is 5.96. The van der Waals surface area contributed by atoms with E-state index in [4.69, 9.17) is 4.74 Å². The van der Waals surface area contributed by atoms with Crippen LogP contribution in [0.15, 0.2) is 66.7 Å². The maximum atomic E-state index is 12.6. The van der Waals surface area contributed by atoms with Crippen molar-refractivity contribution in [1.82, 2.24) is 5.32 Å². The third kappa shape index (κ3) is 4.83. The van der Waals surface area contributed by atoms with Gasteiger partial charge in [0.1, 0.15) is 5.75 Å². The zero-order valence-electron chi connectivity index (χ0n) is 18.7. The molecule has 1 N–H and O–H groups in total. The number of carbonyl (C=O) groups is 2. The van der Waals surface area contributed by atoms with Gasteiger partial charge in [-0.15, -0.1) is 0 Å². The van der Waals surface area contributed by atoms with Crippen LogP contribution >= 0.6 is 0 Å². The highest BCUT2D eigenvalue weighted by Crippen LogP contribution is 2.32. The second kappa shape index (κ2) is 9.27. The molecule has 4 rings (SSSR count). The van der Waals surface area contributed by atoms with Crippen LogP contribution in [0.3, 0.4) is 0 Å². The average Bonchev–Trinajstić information content (AvgIpc) is 3.22. The molecule has 1 aliphatic rings.